The highest BCUT2D eigenvalue weighted by molar-refractivity contribution is 7.99. The molecule has 0 unspecified atom stereocenters. The van der Waals surface area contributed by atoms with E-state index in [-0.39, 0.29) is 0 Å². The van der Waals surface area contributed by atoms with Crippen LogP contribution in [0, 0.1) is 6.92 Å². The molecule has 2 aliphatic rings. The largest absolute Gasteiger partial charge is 0.308 e. The van der Waals surface area contributed by atoms with Gasteiger partial charge in [0.1, 0.15) is 0 Å². The van der Waals surface area contributed by atoms with E-state index in [1.165, 1.54) is 60.2 Å². The number of hydrogen-bond donors (Lipinski definition) is 0. The molecule has 31 heavy (non-hydrogen) atoms. The first-order valence-corrected chi connectivity index (χ1v) is 11.6. The van der Waals surface area contributed by atoms with Gasteiger partial charge in [-0.2, -0.15) is 0 Å². The SMILES string of the molecule is CC1=Cc2cc(-c3ccc(C)cc3)cc(N3c4ccccc4Sc4ccccc43)c2C1. The van der Waals surface area contributed by atoms with Gasteiger partial charge in [0.25, 0.3) is 0 Å². The fraction of sp³-hybridized carbons (Fsp3) is 0.103. The molecule has 1 heterocycles. The Labute approximate surface area is 188 Å². The molecule has 4 aromatic carbocycles. The van der Waals surface area contributed by atoms with E-state index in [4.69, 9.17) is 0 Å². The third-order valence-electron chi connectivity index (χ3n) is 6.18. The number of hydrogen-bond acceptors (Lipinski definition) is 2. The highest BCUT2D eigenvalue weighted by Gasteiger charge is 2.28. The van der Waals surface area contributed by atoms with Crippen LogP contribution in [0.2, 0.25) is 0 Å². The van der Waals surface area contributed by atoms with Crippen molar-refractivity contribution in [2.75, 3.05) is 4.90 Å². The van der Waals surface area contributed by atoms with Crippen LogP contribution < -0.4 is 4.90 Å². The van der Waals surface area contributed by atoms with Gasteiger partial charge in [-0.25, -0.2) is 0 Å². The third-order valence-corrected chi connectivity index (χ3v) is 7.31. The molecule has 150 valence electrons. The van der Waals surface area contributed by atoms with Gasteiger partial charge in [0.2, 0.25) is 0 Å². The lowest BCUT2D eigenvalue weighted by molar-refractivity contribution is 1.12. The quantitative estimate of drug-likeness (QED) is 0.283. The summed E-state index contributed by atoms with van der Waals surface area (Å²) in [6, 6.07) is 31.1. The molecule has 0 amide bonds. The summed E-state index contributed by atoms with van der Waals surface area (Å²) in [7, 11) is 0. The lowest BCUT2D eigenvalue weighted by Crippen LogP contribution is -2.16. The van der Waals surface area contributed by atoms with E-state index in [1.807, 2.05) is 11.8 Å². The Morgan fingerprint density at radius 1 is 0.677 bits per heavy atom. The van der Waals surface area contributed by atoms with Crippen molar-refractivity contribution in [1.82, 2.24) is 0 Å². The third kappa shape index (κ3) is 3.10. The Hall–Kier alpha value is -3.23. The second-order valence-corrected chi connectivity index (χ2v) is 9.55. The van der Waals surface area contributed by atoms with Crippen molar-refractivity contribution in [2.45, 2.75) is 30.1 Å². The summed E-state index contributed by atoms with van der Waals surface area (Å²) in [5, 5.41) is 0. The lowest BCUT2D eigenvalue weighted by Gasteiger charge is -2.34. The molecule has 1 aliphatic carbocycles. The van der Waals surface area contributed by atoms with Gasteiger partial charge in [0, 0.05) is 9.79 Å². The lowest BCUT2D eigenvalue weighted by atomic mass is 9.96. The van der Waals surface area contributed by atoms with Crippen LogP contribution in [0.3, 0.4) is 0 Å². The van der Waals surface area contributed by atoms with E-state index >= 15 is 0 Å². The number of para-hydroxylation sites is 2. The number of fused-ring (bicyclic) bond motifs is 3. The predicted molar refractivity (Wildman–Crippen MR) is 133 cm³/mol. The summed E-state index contributed by atoms with van der Waals surface area (Å²) in [6.45, 7) is 4.38. The Morgan fingerprint density at radius 2 is 1.32 bits per heavy atom. The van der Waals surface area contributed by atoms with Crippen LogP contribution in [0.4, 0.5) is 17.1 Å². The molecule has 0 fully saturated rings. The van der Waals surface area contributed by atoms with Gasteiger partial charge in [-0.05, 0) is 78.9 Å². The van der Waals surface area contributed by atoms with Crippen molar-refractivity contribution in [3.8, 4) is 11.1 Å². The minimum absolute atomic E-state index is 1.01. The van der Waals surface area contributed by atoms with E-state index in [9.17, 15) is 0 Å². The zero-order valence-electron chi connectivity index (χ0n) is 17.7. The van der Waals surface area contributed by atoms with Crippen LogP contribution >= 0.6 is 11.8 Å². The van der Waals surface area contributed by atoms with Gasteiger partial charge in [-0.15, -0.1) is 0 Å². The van der Waals surface area contributed by atoms with Gasteiger partial charge in [0.05, 0.1) is 17.1 Å². The fourth-order valence-corrected chi connectivity index (χ4v) is 5.73. The maximum Gasteiger partial charge on any atom is 0.0601 e. The first-order chi connectivity index (χ1) is 15.2. The summed E-state index contributed by atoms with van der Waals surface area (Å²) >= 11 is 1.86. The summed E-state index contributed by atoms with van der Waals surface area (Å²) in [6.07, 6.45) is 3.36. The summed E-state index contributed by atoms with van der Waals surface area (Å²) in [5.74, 6) is 0. The molecule has 0 aromatic heterocycles. The van der Waals surface area contributed by atoms with Crippen molar-refractivity contribution in [2.24, 2.45) is 0 Å². The van der Waals surface area contributed by atoms with Gasteiger partial charge < -0.3 is 4.90 Å². The molecule has 0 atom stereocenters. The predicted octanol–water partition coefficient (Wildman–Crippen LogP) is 8.56. The molecule has 0 radical (unpaired) electrons. The molecule has 2 heteroatoms. The number of allylic oxidation sites excluding steroid dienone is 1. The molecule has 0 N–H and O–H groups in total. The Balaban J connectivity index is 1.62. The van der Waals surface area contributed by atoms with Gasteiger partial charge in [-0.3, -0.25) is 0 Å². The van der Waals surface area contributed by atoms with Crippen LogP contribution in [0.25, 0.3) is 17.2 Å². The number of aryl methyl sites for hydroxylation is 1. The molecule has 0 spiro atoms. The smallest absolute Gasteiger partial charge is 0.0601 e. The van der Waals surface area contributed by atoms with E-state index < -0.39 is 0 Å². The first kappa shape index (κ1) is 18.5. The standard InChI is InChI=1S/C29H23NS/c1-19-11-13-21(14-12-19)22-17-23-15-20(2)16-24(23)27(18-22)30-25-7-3-5-9-28(25)31-29-10-6-4-8-26(29)30/h3-15,17-18H,16H2,1-2H3. The Bertz CT molecular complexity index is 1300. The van der Waals surface area contributed by atoms with Gasteiger partial charge in [-0.1, -0.05) is 77.5 Å². The Morgan fingerprint density at radius 3 is 2.00 bits per heavy atom. The number of nitrogens with zero attached hydrogens (tertiary/aromatic N) is 1. The maximum absolute atomic E-state index is 2.48. The fourth-order valence-electron chi connectivity index (χ4n) is 4.67. The highest BCUT2D eigenvalue weighted by Crippen LogP contribution is 2.53. The van der Waals surface area contributed by atoms with Gasteiger partial charge in [0.15, 0.2) is 0 Å². The minimum atomic E-state index is 1.01. The molecular weight excluding hydrogens is 394 g/mol. The van der Waals surface area contributed by atoms with Crippen molar-refractivity contribution in [3.05, 3.63) is 107 Å². The summed E-state index contributed by atoms with van der Waals surface area (Å²) < 4.78 is 0. The summed E-state index contributed by atoms with van der Waals surface area (Å²) in [5.41, 5.74) is 11.8. The van der Waals surface area contributed by atoms with Crippen LogP contribution in [0.15, 0.2) is 100 Å². The second kappa shape index (κ2) is 7.18. The van der Waals surface area contributed by atoms with Crippen molar-refractivity contribution < 1.29 is 0 Å². The average Bonchev–Trinajstić information content (AvgIpc) is 3.17. The van der Waals surface area contributed by atoms with Crippen molar-refractivity contribution in [1.29, 1.82) is 0 Å². The zero-order chi connectivity index (χ0) is 20.9. The van der Waals surface area contributed by atoms with E-state index in [1.54, 1.807) is 0 Å². The normalized spacial score (nSPS) is 14.0. The number of anilines is 3. The van der Waals surface area contributed by atoms with Crippen LogP contribution in [-0.2, 0) is 6.42 Å². The maximum atomic E-state index is 2.48. The molecule has 0 bridgehead atoms. The molecule has 1 aliphatic heterocycles. The van der Waals surface area contributed by atoms with Gasteiger partial charge >= 0.3 is 0 Å². The molecule has 0 saturated carbocycles. The van der Waals surface area contributed by atoms with Crippen LogP contribution in [0.1, 0.15) is 23.6 Å². The molecule has 4 aromatic rings. The second-order valence-electron chi connectivity index (χ2n) is 8.47. The number of benzene rings is 4. The Kier molecular flexibility index (Phi) is 4.29. The van der Waals surface area contributed by atoms with Crippen molar-refractivity contribution >= 4 is 34.9 Å². The first-order valence-electron chi connectivity index (χ1n) is 10.7. The van der Waals surface area contributed by atoms with Crippen LogP contribution in [0.5, 0.6) is 0 Å². The van der Waals surface area contributed by atoms with E-state index in [2.05, 4.69) is 110 Å². The minimum Gasteiger partial charge on any atom is -0.308 e. The topological polar surface area (TPSA) is 3.24 Å². The van der Waals surface area contributed by atoms with Crippen LogP contribution in [-0.4, -0.2) is 0 Å². The molecular formula is C29H23NS. The van der Waals surface area contributed by atoms with Crippen molar-refractivity contribution in [3.63, 3.8) is 0 Å². The zero-order valence-corrected chi connectivity index (χ0v) is 18.5. The monoisotopic (exact) mass is 417 g/mol. The summed E-state index contributed by atoms with van der Waals surface area (Å²) in [4.78, 5) is 5.08. The van der Waals surface area contributed by atoms with E-state index in [0.717, 1.165) is 6.42 Å². The average molecular weight is 418 g/mol. The molecule has 0 saturated heterocycles. The molecule has 6 rings (SSSR count). The van der Waals surface area contributed by atoms with E-state index in [0.29, 0.717) is 0 Å². The molecule has 1 nitrogen and oxygen atoms in total. The highest BCUT2D eigenvalue weighted by atomic mass is 32.2. The number of rotatable bonds is 2.